The first kappa shape index (κ1) is 20.4. The average Bonchev–Trinajstić information content (AvgIpc) is 3.41. The fourth-order valence-corrected chi connectivity index (χ4v) is 3.78. The number of para-hydroxylation sites is 2. The molecule has 30 heavy (non-hydrogen) atoms. The number of ether oxygens (including phenoxy) is 2. The summed E-state index contributed by atoms with van der Waals surface area (Å²) in [6.45, 7) is 5.60. The minimum absolute atomic E-state index is 0.135. The van der Waals surface area contributed by atoms with Crippen LogP contribution in [0.4, 0.5) is 0 Å². The number of rotatable bonds is 8. The van der Waals surface area contributed by atoms with E-state index in [1.54, 1.807) is 12.1 Å². The zero-order chi connectivity index (χ0) is 20.9. The lowest BCUT2D eigenvalue weighted by Crippen LogP contribution is -2.30. The molecule has 1 aromatic heterocycles. The molecular formula is C24H29N3O3. The number of imidazole rings is 1. The molecule has 2 atom stereocenters. The Kier molecular flexibility index (Phi) is 6.33. The SMILES string of the molecule is CC(C)CC(NC(=O)c1cccc(OCC2CCCO2)c1)c1nc2ccccc2[nH]1. The Morgan fingerprint density at radius 3 is 2.90 bits per heavy atom. The predicted molar refractivity (Wildman–Crippen MR) is 117 cm³/mol. The van der Waals surface area contributed by atoms with Crippen molar-refractivity contribution in [2.24, 2.45) is 5.92 Å². The molecule has 4 rings (SSSR count). The van der Waals surface area contributed by atoms with E-state index >= 15 is 0 Å². The number of hydrogen-bond acceptors (Lipinski definition) is 4. The van der Waals surface area contributed by atoms with Crippen LogP contribution in [0.1, 0.15) is 55.3 Å². The van der Waals surface area contributed by atoms with Crippen molar-refractivity contribution in [3.8, 4) is 5.75 Å². The Balaban J connectivity index is 1.47. The Labute approximate surface area is 177 Å². The van der Waals surface area contributed by atoms with E-state index in [0.29, 0.717) is 23.8 Å². The van der Waals surface area contributed by atoms with E-state index < -0.39 is 0 Å². The van der Waals surface area contributed by atoms with E-state index in [9.17, 15) is 4.79 Å². The highest BCUT2D eigenvalue weighted by atomic mass is 16.5. The van der Waals surface area contributed by atoms with Crippen LogP contribution in [0.25, 0.3) is 11.0 Å². The standard InChI is InChI=1S/C24H29N3O3/c1-16(2)13-22(23-25-20-10-3-4-11-21(20)26-23)27-24(28)17-7-5-8-18(14-17)30-15-19-9-6-12-29-19/h3-5,7-8,10-11,14,16,19,22H,6,9,12-13,15H2,1-2H3,(H,25,26)(H,27,28). The smallest absolute Gasteiger partial charge is 0.252 e. The summed E-state index contributed by atoms with van der Waals surface area (Å²) in [6.07, 6.45) is 3.04. The van der Waals surface area contributed by atoms with Gasteiger partial charge in [-0.25, -0.2) is 4.98 Å². The summed E-state index contributed by atoms with van der Waals surface area (Å²) in [5.41, 5.74) is 2.45. The van der Waals surface area contributed by atoms with Crippen molar-refractivity contribution in [2.75, 3.05) is 13.2 Å². The second kappa shape index (κ2) is 9.30. The third-order valence-corrected chi connectivity index (χ3v) is 5.31. The number of carbonyl (C=O) groups is 1. The van der Waals surface area contributed by atoms with Crippen molar-refractivity contribution in [1.29, 1.82) is 0 Å². The van der Waals surface area contributed by atoms with Gasteiger partial charge in [-0.15, -0.1) is 0 Å². The number of nitrogens with one attached hydrogen (secondary N) is 2. The van der Waals surface area contributed by atoms with Crippen molar-refractivity contribution in [1.82, 2.24) is 15.3 Å². The van der Waals surface area contributed by atoms with Gasteiger partial charge >= 0.3 is 0 Å². The molecule has 1 aliphatic rings. The molecule has 0 saturated carbocycles. The molecule has 2 heterocycles. The molecule has 1 aliphatic heterocycles. The summed E-state index contributed by atoms with van der Waals surface area (Å²) in [6, 6.07) is 15.0. The van der Waals surface area contributed by atoms with Gasteiger partial charge in [-0.1, -0.05) is 32.0 Å². The van der Waals surface area contributed by atoms with Crippen LogP contribution in [0.2, 0.25) is 0 Å². The maximum absolute atomic E-state index is 13.0. The molecule has 1 amide bonds. The molecule has 0 spiro atoms. The maximum atomic E-state index is 13.0. The first-order chi connectivity index (χ1) is 14.6. The monoisotopic (exact) mass is 407 g/mol. The molecule has 6 nitrogen and oxygen atoms in total. The van der Waals surface area contributed by atoms with Crippen LogP contribution in [-0.4, -0.2) is 35.2 Å². The van der Waals surface area contributed by atoms with Crippen molar-refractivity contribution in [3.05, 3.63) is 59.9 Å². The van der Waals surface area contributed by atoms with E-state index in [2.05, 4.69) is 24.1 Å². The number of carbonyl (C=O) groups excluding carboxylic acids is 1. The largest absolute Gasteiger partial charge is 0.491 e. The molecule has 0 radical (unpaired) electrons. The lowest BCUT2D eigenvalue weighted by molar-refractivity contribution is 0.0679. The van der Waals surface area contributed by atoms with Crippen LogP contribution in [0.3, 0.4) is 0 Å². The zero-order valence-electron chi connectivity index (χ0n) is 17.6. The Bertz CT molecular complexity index is 959. The molecule has 1 saturated heterocycles. The fraction of sp³-hybridized carbons (Fsp3) is 0.417. The highest BCUT2D eigenvalue weighted by molar-refractivity contribution is 5.94. The van der Waals surface area contributed by atoms with Crippen molar-refractivity contribution >= 4 is 16.9 Å². The molecular weight excluding hydrogens is 378 g/mol. The summed E-state index contributed by atoms with van der Waals surface area (Å²) in [4.78, 5) is 21.1. The third kappa shape index (κ3) is 5.00. The number of amides is 1. The predicted octanol–water partition coefficient (Wildman–Crippen LogP) is 4.64. The summed E-state index contributed by atoms with van der Waals surface area (Å²) < 4.78 is 11.5. The Hall–Kier alpha value is -2.86. The van der Waals surface area contributed by atoms with Crippen LogP contribution >= 0.6 is 0 Å². The molecule has 0 aliphatic carbocycles. The lowest BCUT2D eigenvalue weighted by atomic mass is 10.0. The van der Waals surface area contributed by atoms with E-state index in [-0.39, 0.29) is 18.1 Å². The molecule has 3 aromatic rings. The second-order valence-corrected chi connectivity index (χ2v) is 8.27. The normalized spacial score (nSPS) is 17.4. The summed E-state index contributed by atoms with van der Waals surface area (Å²) in [7, 11) is 0. The van der Waals surface area contributed by atoms with Crippen molar-refractivity contribution in [2.45, 2.75) is 45.3 Å². The maximum Gasteiger partial charge on any atom is 0.252 e. The fourth-order valence-electron chi connectivity index (χ4n) is 3.78. The topological polar surface area (TPSA) is 76.2 Å². The van der Waals surface area contributed by atoms with Crippen LogP contribution in [0, 0.1) is 5.92 Å². The van der Waals surface area contributed by atoms with Gasteiger partial charge in [0.15, 0.2) is 0 Å². The lowest BCUT2D eigenvalue weighted by Gasteiger charge is -2.19. The van der Waals surface area contributed by atoms with E-state index in [1.807, 2.05) is 36.4 Å². The third-order valence-electron chi connectivity index (χ3n) is 5.31. The Morgan fingerprint density at radius 1 is 1.27 bits per heavy atom. The number of benzene rings is 2. The van der Waals surface area contributed by atoms with Gasteiger partial charge < -0.3 is 19.8 Å². The minimum atomic E-state index is -0.193. The average molecular weight is 408 g/mol. The molecule has 158 valence electrons. The first-order valence-electron chi connectivity index (χ1n) is 10.7. The summed E-state index contributed by atoms with van der Waals surface area (Å²) >= 11 is 0. The van der Waals surface area contributed by atoms with E-state index in [0.717, 1.165) is 42.7 Å². The van der Waals surface area contributed by atoms with Crippen LogP contribution in [0.5, 0.6) is 5.75 Å². The highest BCUT2D eigenvalue weighted by Crippen LogP contribution is 2.23. The van der Waals surface area contributed by atoms with Gasteiger partial charge in [0, 0.05) is 12.2 Å². The Morgan fingerprint density at radius 2 is 2.13 bits per heavy atom. The molecule has 1 fully saturated rings. The molecule has 0 bridgehead atoms. The molecule has 2 aromatic carbocycles. The number of aromatic amines is 1. The van der Waals surface area contributed by atoms with Gasteiger partial charge in [-0.3, -0.25) is 4.79 Å². The van der Waals surface area contributed by atoms with Crippen LogP contribution in [-0.2, 0) is 4.74 Å². The first-order valence-corrected chi connectivity index (χ1v) is 10.7. The molecule has 2 unspecified atom stereocenters. The summed E-state index contributed by atoms with van der Waals surface area (Å²) in [5.74, 6) is 1.74. The number of H-pyrrole nitrogens is 1. The van der Waals surface area contributed by atoms with Gasteiger partial charge in [-0.05, 0) is 55.5 Å². The summed E-state index contributed by atoms with van der Waals surface area (Å²) in [5, 5.41) is 3.15. The number of aromatic nitrogens is 2. The molecule has 6 heteroatoms. The van der Waals surface area contributed by atoms with Gasteiger partial charge in [0.05, 0.1) is 23.2 Å². The quantitative estimate of drug-likeness (QED) is 0.570. The van der Waals surface area contributed by atoms with E-state index in [1.165, 1.54) is 0 Å². The van der Waals surface area contributed by atoms with Crippen LogP contribution in [0.15, 0.2) is 48.5 Å². The second-order valence-electron chi connectivity index (χ2n) is 8.27. The van der Waals surface area contributed by atoms with Gasteiger partial charge in [0.2, 0.25) is 0 Å². The van der Waals surface area contributed by atoms with Crippen molar-refractivity contribution in [3.63, 3.8) is 0 Å². The number of nitrogens with zero attached hydrogens (tertiary/aromatic N) is 1. The van der Waals surface area contributed by atoms with Crippen molar-refractivity contribution < 1.29 is 14.3 Å². The zero-order valence-corrected chi connectivity index (χ0v) is 17.6. The van der Waals surface area contributed by atoms with Crippen LogP contribution < -0.4 is 10.1 Å². The number of fused-ring (bicyclic) bond motifs is 1. The van der Waals surface area contributed by atoms with Gasteiger partial charge in [-0.2, -0.15) is 0 Å². The van der Waals surface area contributed by atoms with Gasteiger partial charge in [0.1, 0.15) is 18.2 Å². The van der Waals surface area contributed by atoms with E-state index in [4.69, 9.17) is 14.5 Å². The molecule has 2 N–H and O–H groups in total. The number of hydrogen-bond donors (Lipinski definition) is 2. The highest BCUT2D eigenvalue weighted by Gasteiger charge is 2.21. The minimum Gasteiger partial charge on any atom is -0.491 e. The van der Waals surface area contributed by atoms with Gasteiger partial charge in [0.25, 0.3) is 5.91 Å².